The van der Waals surface area contributed by atoms with Crippen LogP contribution in [0.5, 0.6) is 0 Å². The second-order valence-corrected chi connectivity index (χ2v) is 7.51. The van der Waals surface area contributed by atoms with Gasteiger partial charge < -0.3 is 0 Å². The summed E-state index contributed by atoms with van der Waals surface area (Å²) in [6, 6.07) is 3.79. The van der Waals surface area contributed by atoms with Crippen molar-refractivity contribution in [2.75, 3.05) is 6.54 Å². The second-order valence-electron chi connectivity index (χ2n) is 5.39. The molecule has 0 atom stereocenters. The zero-order valence-corrected chi connectivity index (χ0v) is 13.8. The summed E-state index contributed by atoms with van der Waals surface area (Å²) >= 11 is 5.82. The first-order valence-electron chi connectivity index (χ1n) is 7.37. The van der Waals surface area contributed by atoms with Gasteiger partial charge in [-0.15, -0.1) is 11.6 Å². The van der Waals surface area contributed by atoms with Gasteiger partial charge in [-0.05, 0) is 30.5 Å². The first-order chi connectivity index (χ1) is 10.0. The van der Waals surface area contributed by atoms with Crippen LogP contribution in [0.2, 0.25) is 0 Å². The second kappa shape index (κ2) is 7.07. The van der Waals surface area contributed by atoms with Gasteiger partial charge >= 0.3 is 0 Å². The minimum atomic E-state index is -3.71. The summed E-state index contributed by atoms with van der Waals surface area (Å²) in [5.41, 5.74) is 0.451. The number of rotatable bonds is 5. The highest BCUT2D eigenvalue weighted by atomic mass is 35.5. The predicted octanol–water partition coefficient (Wildman–Crippen LogP) is 3.91. The quantitative estimate of drug-likeness (QED) is 0.766. The molecule has 1 fully saturated rings. The highest BCUT2D eigenvalue weighted by molar-refractivity contribution is 7.89. The van der Waals surface area contributed by atoms with Crippen molar-refractivity contribution in [3.05, 3.63) is 29.6 Å². The van der Waals surface area contributed by atoms with Gasteiger partial charge in [-0.1, -0.05) is 32.3 Å². The maximum Gasteiger partial charge on any atom is 0.243 e. The Morgan fingerprint density at radius 1 is 1.29 bits per heavy atom. The van der Waals surface area contributed by atoms with Crippen LogP contribution in [0.25, 0.3) is 0 Å². The summed E-state index contributed by atoms with van der Waals surface area (Å²) in [5.74, 6) is -0.501. The van der Waals surface area contributed by atoms with Crippen molar-refractivity contribution in [1.29, 1.82) is 0 Å². The number of sulfonamides is 1. The van der Waals surface area contributed by atoms with Crippen LogP contribution >= 0.6 is 11.6 Å². The van der Waals surface area contributed by atoms with Crippen molar-refractivity contribution >= 4 is 21.6 Å². The van der Waals surface area contributed by atoms with Crippen molar-refractivity contribution in [1.82, 2.24) is 4.31 Å². The molecule has 0 N–H and O–H groups in total. The molecule has 21 heavy (non-hydrogen) atoms. The molecule has 1 aromatic rings. The topological polar surface area (TPSA) is 37.4 Å². The number of benzene rings is 1. The Hall–Kier alpha value is -0.650. The third-order valence-electron chi connectivity index (χ3n) is 4.05. The van der Waals surface area contributed by atoms with Gasteiger partial charge in [-0.3, -0.25) is 0 Å². The van der Waals surface area contributed by atoms with Crippen molar-refractivity contribution in [3.63, 3.8) is 0 Å². The van der Waals surface area contributed by atoms with E-state index >= 15 is 0 Å². The Morgan fingerprint density at radius 3 is 2.52 bits per heavy atom. The average Bonchev–Trinajstić information content (AvgIpc) is 2.49. The molecule has 118 valence electrons. The zero-order valence-electron chi connectivity index (χ0n) is 12.2. The fraction of sp³-hybridized carbons (Fsp3) is 0.600. The van der Waals surface area contributed by atoms with Crippen LogP contribution in [0, 0.1) is 5.82 Å². The molecule has 1 aliphatic carbocycles. The van der Waals surface area contributed by atoms with E-state index in [-0.39, 0.29) is 16.8 Å². The third-order valence-corrected chi connectivity index (χ3v) is 6.45. The number of halogens is 2. The molecule has 0 bridgehead atoms. The zero-order chi connectivity index (χ0) is 15.5. The van der Waals surface area contributed by atoms with Crippen LogP contribution in [-0.4, -0.2) is 25.3 Å². The third kappa shape index (κ3) is 3.58. The van der Waals surface area contributed by atoms with Crippen molar-refractivity contribution in [2.24, 2.45) is 0 Å². The molecule has 0 aromatic heterocycles. The largest absolute Gasteiger partial charge is 0.243 e. The molecule has 1 aliphatic rings. The summed E-state index contributed by atoms with van der Waals surface area (Å²) in [6.45, 7) is 2.22. The number of nitrogens with zero attached hydrogens (tertiary/aromatic N) is 1. The van der Waals surface area contributed by atoms with Gasteiger partial charge in [0.05, 0.1) is 4.90 Å². The van der Waals surface area contributed by atoms with E-state index in [1.165, 1.54) is 16.4 Å². The Morgan fingerprint density at radius 2 is 1.95 bits per heavy atom. The number of alkyl halides is 1. The lowest BCUT2D eigenvalue weighted by Crippen LogP contribution is -2.41. The molecule has 1 saturated carbocycles. The summed E-state index contributed by atoms with van der Waals surface area (Å²) in [5, 5.41) is 0. The molecule has 0 heterocycles. The van der Waals surface area contributed by atoms with Crippen LogP contribution in [0.1, 0.15) is 44.6 Å². The molecule has 1 aromatic carbocycles. The Kier molecular flexibility index (Phi) is 5.63. The van der Waals surface area contributed by atoms with Gasteiger partial charge in [0.15, 0.2) is 0 Å². The lowest BCUT2D eigenvalue weighted by atomic mass is 9.95. The molecule has 0 radical (unpaired) electrons. The lowest BCUT2D eigenvalue weighted by molar-refractivity contribution is 0.261. The van der Waals surface area contributed by atoms with Crippen LogP contribution in [-0.2, 0) is 15.9 Å². The maximum absolute atomic E-state index is 13.5. The summed E-state index contributed by atoms with van der Waals surface area (Å²) < 4.78 is 40.8. The Bertz CT molecular complexity index is 585. The standard InChI is InChI=1S/C15H21ClFNO2S/c1-2-18(14-6-4-3-5-7-14)21(19,20)15-10-13(17)9-8-12(15)11-16/h8-10,14H,2-7,11H2,1H3. The molecule has 6 heteroatoms. The first-order valence-corrected chi connectivity index (χ1v) is 9.34. The van der Waals surface area contributed by atoms with Gasteiger partial charge in [-0.2, -0.15) is 4.31 Å². The van der Waals surface area contributed by atoms with Crippen molar-refractivity contribution in [3.8, 4) is 0 Å². The van der Waals surface area contributed by atoms with Gasteiger partial charge in [-0.25, -0.2) is 12.8 Å². The van der Waals surface area contributed by atoms with Gasteiger partial charge in [0, 0.05) is 18.5 Å². The fourth-order valence-corrected chi connectivity index (χ4v) is 5.24. The highest BCUT2D eigenvalue weighted by Crippen LogP contribution is 2.29. The molecule has 0 unspecified atom stereocenters. The summed E-state index contributed by atoms with van der Waals surface area (Å²) in [6.07, 6.45) is 4.99. The van der Waals surface area contributed by atoms with Gasteiger partial charge in [0.2, 0.25) is 10.0 Å². The number of hydrogen-bond acceptors (Lipinski definition) is 2. The summed E-state index contributed by atoms with van der Waals surface area (Å²) in [4.78, 5) is 0.00456. The van der Waals surface area contributed by atoms with E-state index in [0.29, 0.717) is 12.1 Å². The van der Waals surface area contributed by atoms with Crippen molar-refractivity contribution < 1.29 is 12.8 Å². The molecular weight excluding hydrogens is 313 g/mol. The van der Waals surface area contributed by atoms with Crippen LogP contribution in [0.3, 0.4) is 0 Å². The van der Waals surface area contributed by atoms with E-state index in [1.807, 2.05) is 6.92 Å². The predicted molar refractivity (Wildman–Crippen MR) is 82.4 cm³/mol. The molecule has 0 amide bonds. The lowest BCUT2D eigenvalue weighted by Gasteiger charge is -2.33. The van der Waals surface area contributed by atoms with E-state index in [4.69, 9.17) is 11.6 Å². The van der Waals surface area contributed by atoms with E-state index < -0.39 is 15.8 Å². The minimum absolute atomic E-state index is 0.00456. The van der Waals surface area contributed by atoms with E-state index in [9.17, 15) is 12.8 Å². The number of hydrogen-bond donors (Lipinski definition) is 0. The van der Waals surface area contributed by atoms with Gasteiger partial charge in [0.1, 0.15) is 5.82 Å². The molecule has 0 saturated heterocycles. The minimum Gasteiger partial charge on any atom is -0.207 e. The first kappa shape index (κ1) is 16.7. The monoisotopic (exact) mass is 333 g/mol. The Balaban J connectivity index is 2.41. The van der Waals surface area contributed by atoms with E-state index in [0.717, 1.165) is 38.2 Å². The molecular formula is C15H21ClFNO2S. The summed E-state index contributed by atoms with van der Waals surface area (Å²) in [7, 11) is -3.71. The fourth-order valence-electron chi connectivity index (χ4n) is 3.00. The molecule has 0 aliphatic heterocycles. The van der Waals surface area contributed by atoms with Gasteiger partial charge in [0.25, 0.3) is 0 Å². The van der Waals surface area contributed by atoms with Crippen molar-refractivity contribution in [2.45, 2.75) is 55.8 Å². The van der Waals surface area contributed by atoms with E-state index in [2.05, 4.69) is 0 Å². The molecule has 2 rings (SSSR count). The van der Waals surface area contributed by atoms with E-state index in [1.54, 1.807) is 0 Å². The van der Waals surface area contributed by atoms with Crippen LogP contribution < -0.4 is 0 Å². The van der Waals surface area contributed by atoms with Crippen LogP contribution in [0.4, 0.5) is 4.39 Å². The smallest absolute Gasteiger partial charge is 0.207 e. The average molecular weight is 334 g/mol. The maximum atomic E-state index is 13.5. The Labute approximate surface area is 131 Å². The normalized spacial score (nSPS) is 17.3. The SMILES string of the molecule is CCN(C1CCCCC1)S(=O)(=O)c1cc(F)ccc1CCl. The van der Waals surface area contributed by atoms with Crippen LogP contribution in [0.15, 0.2) is 23.1 Å². The highest BCUT2D eigenvalue weighted by Gasteiger charge is 2.32. The molecule has 0 spiro atoms. The molecule has 3 nitrogen and oxygen atoms in total.